The summed E-state index contributed by atoms with van der Waals surface area (Å²) in [6, 6.07) is 0. The van der Waals surface area contributed by atoms with Crippen molar-refractivity contribution in [2.45, 2.75) is 65.2 Å². The van der Waals surface area contributed by atoms with Gasteiger partial charge in [0.15, 0.2) is 0 Å². The Bertz CT molecular complexity index is 312. The van der Waals surface area contributed by atoms with Gasteiger partial charge in [-0.3, -0.25) is 4.79 Å². The molecule has 0 aromatic heterocycles. The molecule has 3 nitrogen and oxygen atoms in total. The zero-order valence-electron chi connectivity index (χ0n) is 13.2. The number of allylic oxidation sites excluding steroid dienone is 1. The smallest absolute Gasteiger partial charge is 0.307 e. The Hall–Kier alpha value is -0.830. The molecule has 1 rings (SSSR count). The second-order valence-electron chi connectivity index (χ2n) is 6.11. The highest BCUT2D eigenvalue weighted by molar-refractivity contribution is 5.69. The van der Waals surface area contributed by atoms with E-state index in [1.54, 1.807) is 5.57 Å². The van der Waals surface area contributed by atoms with Gasteiger partial charge in [0.2, 0.25) is 0 Å². The SMILES string of the molecule is CCCCCN(CCC1=CCCCC1)CC(C)C(=O)O. The normalized spacial score (nSPS) is 17.1. The zero-order chi connectivity index (χ0) is 14.8. The van der Waals surface area contributed by atoms with Gasteiger partial charge >= 0.3 is 5.97 Å². The Labute approximate surface area is 124 Å². The Balaban J connectivity index is 2.39. The molecule has 0 amide bonds. The fraction of sp³-hybridized carbons (Fsp3) is 0.824. The van der Waals surface area contributed by atoms with Gasteiger partial charge in [0, 0.05) is 13.1 Å². The van der Waals surface area contributed by atoms with E-state index < -0.39 is 5.97 Å². The molecular formula is C17H31NO2. The Kier molecular flexibility index (Phi) is 8.59. The van der Waals surface area contributed by atoms with Crippen molar-refractivity contribution in [2.24, 2.45) is 5.92 Å². The lowest BCUT2D eigenvalue weighted by Gasteiger charge is -2.25. The number of unbranched alkanes of at least 4 members (excludes halogenated alkanes) is 2. The van der Waals surface area contributed by atoms with Crippen LogP contribution in [0, 0.1) is 5.92 Å². The van der Waals surface area contributed by atoms with E-state index >= 15 is 0 Å². The number of carbonyl (C=O) groups is 1. The molecule has 1 aliphatic carbocycles. The van der Waals surface area contributed by atoms with E-state index in [2.05, 4.69) is 17.9 Å². The second-order valence-corrected chi connectivity index (χ2v) is 6.11. The average Bonchev–Trinajstić information content (AvgIpc) is 2.45. The Morgan fingerprint density at radius 2 is 2.15 bits per heavy atom. The fourth-order valence-electron chi connectivity index (χ4n) is 2.78. The highest BCUT2D eigenvalue weighted by Crippen LogP contribution is 2.20. The molecule has 0 aliphatic heterocycles. The van der Waals surface area contributed by atoms with E-state index in [0.29, 0.717) is 6.54 Å². The largest absolute Gasteiger partial charge is 0.481 e. The van der Waals surface area contributed by atoms with Gasteiger partial charge in [-0.1, -0.05) is 38.3 Å². The lowest BCUT2D eigenvalue weighted by molar-refractivity contribution is -0.141. The minimum absolute atomic E-state index is 0.267. The standard InChI is InChI=1S/C17H31NO2/c1-3-4-8-12-18(14-15(2)17(19)20)13-11-16-9-6-5-7-10-16/h9,15H,3-8,10-14H2,1-2H3,(H,19,20). The van der Waals surface area contributed by atoms with E-state index in [1.165, 1.54) is 44.9 Å². The van der Waals surface area contributed by atoms with E-state index in [4.69, 9.17) is 5.11 Å². The van der Waals surface area contributed by atoms with Crippen molar-refractivity contribution in [3.63, 3.8) is 0 Å². The van der Waals surface area contributed by atoms with Gasteiger partial charge in [0.25, 0.3) is 0 Å². The number of carboxylic acid groups (broad SMARTS) is 1. The van der Waals surface area contributed by atoms with Crippen LogP contribution in [-0.4, -0.2) is 35.6 Å². The molecule has 0 aromatic rings. The molecule has 3 heteroatoms. The molecule has 0 saturated heterocycles. The highest BCUT2D eigenvalue weighted by atomic mass is 16.4. The van der Waals surface area contributed by atoms with Crippen LogP contribution in [0.4, 0.5) is 0 Å². The van der Waals surface area contributed by atoms with Gasteiger partial charge in [0.1, 0.15) is 0 Å². The molecular weight excluding hydrogens is 250 g/mol. The van der Waals surface area contributed by atoms with Crippen molar-refractivity contribution in [1.82, 2.24) is 4.90 Å². The van der Waals surface area contributed by atoms with Crippen LogP contribution >= 0.6 is 0 Å². The summed E-state index contributed by atoms with van der Waals surface area (Å²) in [5, 5.41) is 9.08. The van der Waals surface area contributed by atoms with E-state index in [0.717, 1.165) is 19.5 Å². The predicted octanol–water partition coefficient (Wildman–Crippen LogP) is 4.09. The average molecular weight is 281 g/mol. The molecule has 116 valence electrons. The molecule has 0 spiro atoms. The third-order valence-electron chi connectivity index (χ3n) is 4.17. The minimum Gasteiger partial charge on any atom is -0.481 e. The van der Waals surface area contributed by atoms with Gasteiger partial charge in [-0.25, -0.2) is 0 Å². The number of carboxylic acids is 1. The minimum atomic E-state index is -0.678. The van der Waals surface area contributed by atoms with Gasteiger partial charge in [-0.2, -0.15) is 0 Å². The fourth-order valence-corrected chi connectivity index (χ4v) is 2.78. The lowest BCUT2D eigenvalue weighted by Crippen LogP contribution is -2.33. The van der Waals surface area contributed by atoms with Crippen molar-refractivity contribution < 1.29 is 9.90 Å². The second kappa shape index (κ2) is 9.98. The van der Waals surface area contributed by atoms with Crippen molar-refractivity contribution in [3.05, 3.63) is 11.6 Å². The van der Waals surface area contributed by atoms with Gasteiger partial charge in [-0.15, -0.1) is 0 Å². The van der Waals surface area contributed by atoms with Crippen molar-refractivity contribution in [2.75, 3.05) is 19.6 Å². The molecule has 0 fully saturated rings. The first-order valence-electron chi connectivity index (χ1n) is 8.26. The number of hydrogen-bond acceptors (Lipinski definition) is 2. The Morgan fingerprint density at radius 3 is 2.75 bits per heavy atom. The van der Waals surface area contributed by atoms with Crippen LogP contribution in [0.1, 0.15) is 65.2 Å². The molecule has 1 atom stereocenters. The van der Waals surface area contributed by atoms with Crippen LogP contribution in [0.15, 0.2) is 11.6 Å². The molecule has 0 saturated carbocycles. The summed E-state index contributed by atoms with van der Waals surface area (Å²) in [6.45, 7) is 6.77. The molecule has 0 bridgehead atoms. The summed E-state index contributed by atoms with van der Waals surface area (Å²) in [5.74, 6) is -0.945. The van der Waals surface area contributed by atoms with Crippen LogP contribution in [-0.2, 0) is 4.79 Å². The number of rotatable bonds is 10. The van der Waals surface area contributed by atoms with Gasteiger partial charge in [0.05, 0.1) is 5.92 Å². The van der Waals surface area contributed by atoms with E-state index in [-0.39, 0.29) is 5.92 Å². The first-order chi connectivity index (χ1) is 9.63. The third kappa shape index (κ3) is 7.09. The maximum absolute atomic E-state index is 11.0. The van der Waals surface area contributed by atoms with Crippen LogP contribution in [0.3, 0.4) is 0 Å². The lowest BCUT2D eigenvalue weighted by atomic mass is 9.97. The van der Waals surface area contributed by atoms with Crippen LogP contribution in [0.25, 0.3) is 0 Å². The summed E-state index contributed by atoms with van der Waals surface area (Å²) >= 11 is 0. The Morgan fingerprint density at radius 1 is 1.35 bits per heavy atom. The summed E-state index contributed by atoms with van der Waals surface area (Å²) in [7, 11) is 0. The molecule has 1 unspecified atom stereocenters. The number of hydrogen-bond donors (Lipinski definition) is 1. The van der Waals surface area contributed by atoms with E-state index in [9.17, 15) is 4.79 Å². The maximum Gasteiger partial charge on any atom is 0.307 e. The summed E-state index contributed by atoms with van der Waals surface area (Å²) in [4.78, 5) is 13.4. The van der Waals surface area contributed by atoms with Crippen LogP contribution in [0.2, 0.25) is 0 Å². The number of aliphatic carboxylic acids is 1. The van der Waals surface area contributed by atoms with E-state index in [1.807, 2.05) is 6.92 Å². The zero-order valence-corrected chi connectivity index (χ0v) is 13.2. The topological polar surface area (TPSA) is 40.5 Å². The van der Waals surface area contributed by atoms with Crippen LogP contribution in [0.5, 0.6) is 0 Å². The monoisotopic (exact) mass is 281 g/mol. The molecule has 0 heterocycles. The maximum atomic E-state index is 11.0. The first kappa shape index (κ1) is 17.2. The van der Waals surface area contributed by atoms with Crippen LogP contribution < -0.4 is 0 Å². The molecule has 1 aliphatic rings. The summed E-state index contributed by atoms with van der Waals surface area (Å²) < 4.78 is 0. The molecule has 0 radical (unpaired) electrons. The van der Waals surface area contributed by atoms with Gasteiger partial charge in [-0.05, 0) is 45.1 Å². The third-order valence-corrected chi connectivity index (χ3v) is 4.17. The van der Waals surface area contributed by atoms with Gasteiger partial charge < -0.3 is 10.0 Å². The summed E-state index contributed by atoms with van der Waals surface area (Å²) in [5.41, 5.74) is 1.58. The molecule has 1 N–H and O–H groups in total. The first-order valence-corrected chi connectivity index (χ1v) is 8.26. The molecule has 20 heavy (non-hydrogen) atoms. The summed E-state index contributed by atoms with van der Waals surface area (Å²) in [6.07, 6.45) is 12.3. The molecule has 0 aromatic carbocycles. The quantitative estimate of drug-likeness (QED) is 0.484. The van der Waals surface area contributed by atoms with Crippen molar-refractivity contribution >= 4 is 5.97 Å². The van der Waals surface area contributed by atoms with Crippen molar-refractivity contribution in [1.29, 1.82) is 0 Å². The predicted molar refractivity (Wildman–Crippen MR) is 83.9 cm³/mol. The number of nitrogens with zero attached hydrogens (tertiary/aromatic N) is 1. The van der Waals surface area contributed by atoms with Crippen molar-refractivity contribution in [3.8, 4) is 0 Å². The highest BCUT2D eigenvalue weighted by Gasteiger charge is 2.16.